The summed E-state index contributed by atoms with van der Waals surface area (Å²) in [4.78, 5) is 13.9. The number of nitrogen functional groups attached to an aromatic ring is 1. The van der Waals surface area contributed by atoms with Crippen LogP contribution in [0.3, 0.4) is 0 Å². The molecule has 1 amide bonds. The first-order chi connectivity index (χ1) is 8.99. The third-order valence-corrected chi connectivity index (χ3v) is 4.30. The van der Waals surface area contributed by atoms with Gasteiger partial charge in [0.25, 0.3) is 5.91 Å². The first-order valence-electron chi connectivity index (χ1n) is 5.57. The van der Waals surface area contributed by atoms with Gasteiger partial charge < -0.3 is 10.6 Å². The highest BCUT2D eigenvalue weighted by atomic mass is 127. The van der Waals surface area contributed by atoms with Crippen molar-refractivity contribution < 1.29 is 4.79 Å². The molecule has 0 aliphatic carbocycles. The number of anilines is 2. The molecule has 2 N–H and O–H groups in total. The van der Waals surface area contributed by atoms with Gasteiger partial charge in [-0.05, 0) is 59.0 Å². The van der Waals surface area contributed by atoms with E-state index in [9.17, 15) is 4.79 Å². The zero-order chi connectivity index (χ0) is 14.0. The second-order valence-corrected chi connectivity index (χ2v) is 5.66. The SMILES string of the molecule is CN(C(=O)c1ccc(I)c(Cl)c1)c1cccc(N)c1. The van der Waals surface area contributed by atoms with Gasteiger partial charge in [-0.25, -0.2) is 0 Å². The van der Waals surface area contributed by atoms with Gasteiger partial charge in [-0.1, -0.05) is 17.7 Å². The van der Waals surface area contributed by atoms with E-state index in [1.807, 2.05) is 18.2 Å². The van der Waals surface area contributed by atoms with Crippen LogP contribution in [0.2, 0.25) is 5.02 Å². The molecule has 98 valence electrons. The summed E-state index contributed by atoms with van der Waals surface area (Å²) in [6, 6.07) is 12.4. The lowest BCUT2D eigenvalue weighted by molar-refractivity contribution is 0.0993. The summed E-state index contributed by atoms with van der Waals surface area (Å²) in [5.74, 6) is -0.121. The lowest BCUT2D eigenvalue weighted by atomic mass is 10.2. The van der Waals surface area contributed by atoms with Crippen LogP contribution in [-0.4, -0.2) is 13.0 Å². The molecule has 0 aliphatic rings. The number of nitrogens with two attached hydrogens (primary N) is 1. The fraction of sp³-hybridized carbons (Fsp3) is 0.0714. The lowest BCUT2D eigenvalue weighted by Gasteiger charge is -2.18. The van der Waals surface area contributed by atoms with Crippen LogP contribution in [0.15, 0.2) is 42.5 Å². The van der Waals surface area contributed by atoms with Crippen molar-refractivity contribution in [1.82, 2.24) is 0 Å². The molecule has 2 rings (SSSR count). The molecule has 0 aromatic heterocycles. The van der Waals surface area contributed by atoms with Crippen LogP contribution < -0.4 is 10.6 Å². The van der Waals surface area contributed by atoms with Crippen LogP contribution in [0.25, 0.3) is 0 Å². The van der Waals surface area contributed by atoms with Crippen molar-refractivity contribution in [3.8, 4) is 0 Å². The zero-order valence-corrected chi connectivity index (χ0v) is 13.1. The Bertz CT molecular complexity index is 631. The third-order valence-electron chi connectivity index (χ3n) is 2.73. The van der Waals surface area contributed by atoms with Crippen molar-refractivity contribution in [2.45, 2.75) is 0 Å². The molecule has 0 aliphatic heterocycles. The van der Waals surface area contributed by atoms with Gasteiger partial charge in [0.1, 0.15) is 0 Å². The molecule has 0 bridgehead atoms. The van der Waals surface area contributed by atoms with Crippen LogP contribution in [0.1, 0.15) is 10.4 Å². The Morgan fingerprint density at radius 3 is 2.63 bits per heavy atom. The number of nitrogens with zero attached hydrogens (tertiary/aromatic N) is 1. The Labute approximate surface area is 130 Å². The Morgan fingerprint density at radius 2 is 2.00 bits per heavy atom. The van der Waals surface area contributed by atoms with Gasteiger partial charge in [0.15, 0.2) is 0 Å². The number of amides is 1. The molecule has 0 unspecified atom stereocenters. The first-order valence-corrected chi connectivity index (χ1v) is 7.03. The van der Waals surface area contributed by atoms with Crippen molar-refractivity contribution in [2.24, 2.45) is 0 Å². The Hall–Kier alpha value is -1.27. The minimum absolute atomic E-state index is 0.121. The van der Waals surface area contributed by atoms with Crippen LogP contribution in [0, 0.1) is 3.57 Å². The van der Waals surface area contributed by atoms with Crippen molar-refractivity contribution in [3.63, 3.8) is 0 Å². The molecule has 0 atom stereocenters. The van der Waals surface area contributed by atoms with Gasteiger partial charge in [0.05, 0.1) is 5.02 Å². The predicted octanol–water partition coefficient (Wildman–Crippen LogP) is 3.80. The quantitative estimate of drug-likeness (QED) is 0.630. The fourth-order valence-electron chi connectivity index (χ4n) is 1.67. The molecular weight excluding hydrogens is 375 g/mol. The van der Waals surface area contributed by atoms with E-state index in [1.54, 1.807) is 36.2 Å². The Kier molecular flexibility index (Phi) is 4.31. The predicted molar refractivity (Wildman–Crippen MR) is 87.8 cm³/mol. The zero-order valence-electron chi connectivity index (χ0n) is 10.2. The molecule has 0 saturated carbocycles. The minimum atomic E-state index is -0.121. The van der Waals surface area contributed by atoms with Crippen molar-refractivity contribution in [2.75, 3.05) is 17.7 Å². The van der Waals surface area contributed by atoms with Gasteiger partial charge in [-0.15, -0.1) is 0 Å². The van der Waals surface area contributed by atoms with Crippen LogP contribution in [0.5, 0.6) is 0 Å². The molecule has 0 saturated heterocycles. The largest absolute Gasteiger partial charge is 0.399 e. The summed E-state index contributed by atoms with van der Waals surface area (Å²) in [5, 5.41) is 0.576. The molecule has 5 heteroatoms. The Balaban J connectivity index is 2.30. The second-order valence-electron chi connectivity index (χ2n) is 4.09. The number of hydrogen-bond donors (Lipinski definition) is 1. The van der Waals surface area contributed by atoms with Gasteiger partial charge in [-0.3, -0.25) is 4.79 Å². The number of carbonyl (C=O) groups is 1. The molecule has 0 radical (unpaired) electrons. The molecule has 0 heterocycles. The van der Waals surface area contributed by atoms with E-state index in [1.165, 1.54) is 0 Å². The van der Waals surface area contributed by atoms with Crippen LogP contribution in [-0.2, 0) is 0 Å². The summed E-state index contributed by atoms with van der Waals surface area (Å²) in [5.41, 5.74) is 7.64. The number of halogens is 2. The number of benzene rings is 2. The average Bonchev–Trinajstić information content (AvgIpc) is 2.40. The second kappa shape index (κ2) is 5.79. The highest BCUT2D eigenvalue weighted by Gasteiger charge is 2.14. The standard InChI is InChI=1S/C14H12ClIN2O/c1-18(11-4-2-3-10(17)8-11)14(19)9-5-6-13(16)12(15)7-9/h2-8H,17H2,1H3. The number of hydrogen-bond acceptors (Lipinski definition) is 2. The molecule has 2 aromatic carbocycles. The molecule has 19 heavy (non-hydrogen) atoms. The maximum atomic E-state index is 12.3. The molecule has 0 fully saturated rings. The van der Waals surface area contributed by atoms with E-state index in [2.05, 4.69) is 22.6 Å². The topological polar surface area (TPSA) is 46.3 Å². The minimum Gasteiger partial charge on any atom is -0.399 e. The molecule has 0 spiro atoms. The van der Waals surface area contributed by atoms with Crippen LogP contribution in [0.4, 0.5) is 11.4 Å². The highest BCUT2D eigenvalue weighted by Crippen LogP contribution is 2.22. The van der Waals surface area contributed by atoms with Crippen LogP contribution >= 0.6 is 34.2 Å². The summed E-state index contributed by atoms with van der Waals surface area (Å²) < 4.78 is 0.919. The van der Waals surface area contributed by atoms with E-state index in [4.69, 9.17) is 17.3 Å². The van der Waals surface area contributed by atoms with Gasteiger partial charge in [0.2, 0.25) is 0 Å². The van der Waals surface area contributed by atoms with E-state index in [0.29, 0.717) is 16.3 Å². The van der Waals surface area contributed by atoms with Gasteiger partial charge in [0, 0.05) is 27.6 Å². The maximum Gasteiger partial charge on any atom is 0.258 e. The Morgan fingerprint density at radius 1 is 1.26 bits per heavy atom. The summed E-state index contributed by atoms with van der Waals surface area (Å²) in [6.07, 6.45) is 0. The van der Waals surface area contributed by atoms with Crippen molar-refractivity contribution in [1.29, 1.82) is 0 Å². The molecular formula is C14H12ClIN2O. The van der Waals surface area contributed by atoms with Crippen molar-refractivity contribution >= 4 is 51.5 Å². The normalized spacial score (nSPS) is 10.3. The first kappa shape index (κ1) is 14.1. The van der Waals surface area contributed by atoms with Crippen molar-refractivity contribution in [3.05, 3.63) is 56.6 Å². The number of carbonyl (C=O) groups excluding carboxylic acids is 1. The highest BCUT2D eigenvalue weighted by molar-refractivity contribution is 14.1. The monoisotopic (exact) mass is 386 g/mol. The smallest absolute Gasteiger partial charge is 0.258 e. The average molecular weight is 387 g/mol. The number of rotatable bonds is 2. The van der Waals surface area contributed by atoms with Gasteiger partial charge in [-0.2, -0.15) is 0 Å². The lowest BCUT2D eigenvalue weighted by Crippen LogP contribution is -2.26. The maximum absolute atomic E-state index is 12.3. The van der Waals surface area contributed by atoms with E-state index in [-0.39, 0.29) is 5.91 Å². The summed E-state index contributed by atoms with van der Waals surface area (Å²) >= 11 is 8.16. The van der Waals surface area contributed by atoms with E-state index >= 15 is 0 Å². The molecule has 3 nitrogen and oxygen atoms in total. The molecule has 2 aromatic rings. The summed E-state index contributed by atoms with van der Waals surface area (Å²) in [6.45, 7) is 0. The van der Waals surface area contributed by atoms with Gasteiger partial charge >= 0.3 is 0 Å². The third kappa shape index (κ3) is 3.19. The van der Waals surface area contributed by atoms with E-state index in [0.717, 1.165) is 9.26 Å². The van der Waals surface area contributed by atoms with E-state index < -0.39 is 0 Å². The summed E-state index contributed by atoms with van der Waals surface area (Å²) in [7, 11) is 1.71. The fourth-order valence-corrected chi connectivity index (χ4v) is 2.19.